The summed E-state index contributed by atoms with van der Waals surface area (Å²) in [5, 5.41) is 0.678. The highest BCUT2D eigenvalue weighted by Crippen LogP contribution is 2.24. The lowest BCUT2D eigenvalue weighted by Crippen LogP contribution is -2.01. The van der Waals surface area contributed by atoms with Crippen LogP contribution in [0.2, 0.25) is 5.02 Å². The fraction of sp³-hybridized carbons (Fsp3) is 0.182. The van der Waals surface area contributed by atoms with Crippen LogP contribution in [0.3, 0.4) is 0 Å². The van der Waals surface area contributed by atoms with Crippen molar-refractivity contribution in [3.05, 3.63) is 105 Å². The van der Waals surface area contributed by atoms with Crippen molar-refractivity contribution in [3.8, 4) is 0 Å². The SMILES string of the molecule is Cc1cccc(Cc2cccc(Cc3ccccc3Cl)c2F)c1C. The minimum absolute atomic E-state index is 0.127. The van der Waals surface area contributed by atoms with E-state index in [1.54, 1.807) is 0 Å². The molecule has 0 fully saturated rings. The van der Waals surface area contributed by atoms with E-state index in [0.29, 0.717) is 23.4 Å². The average Bonchev–Trinajstić information content (AvgIpc) is 2.57. The smallest absolute Gasteiger partial charge is 0.130 e. The van der Waals surface area contributed by atoms with E-state index in [2.05, 4.69) is 26.0 Å². The Morgan fingerprint density at radius 1 is 0.708 bits per heavy atom. The van der Waals surface area contributed by atoms with Crippen LogP contribution in [0.1, 0.15) is 33.4 Å². The van der Waals surface area contributed by atoms with Crippen molar-refractivity contribution < 1.29 is 4.39 Å². The Kier molecular flexibility index (Phi) is 5.01. The van der Waals surface area contributed by atoms with Gasteiger partial charge < -0.3 is 0 Å². The van der Waals surface area contributed by atoms with Crippen LogP contribution in [0.5, 0.6) is 0 Å². The first-order chi connectivity index (χ1) is 11.6. The minimum Gasteiger partial charge on any atom is -0.206 e. The van der Waals surface area contributed by atoms with Crippen molar-refractivity contribution >= 4 is 11.6 Å². The molecule has 0 atom stereocenters. The quantitative estimate of drug-likeness (QED) is 0.525. The number of aryl methyl sites for hydroxylation is 1. The van der Waals surface area contributed by atoms with E-state index in [9.17, 15) is 4.39 Å². The van der Waals surface area contributed by atoms with Crippen LogP contribution >= 0.6 is 11.6 Å². The molecule has 3 rings (SSSR count). The maximum Gasteiger partial charge on any atom is 0.130 e. The van der Waals surface area contributed by atoms with E-state index < -0.39 is 0 Å². The molecular formula is C22H20ClF. The molecule has 0 aliphatic heterocycles. The van der Waals surface area contributed by atoms with Crippen molar-refractivity contribution in [1.29, 1.82) is 0 Å². The monoisotopic (exact) mass is 338 g/mol. The first-order valence-electron chi connectivity index (χ1n) is 8.11. The topological polar surface area (TPSA) is 0 Å². The molecule has 0 unspecified atom stereocenters. The summed E-state index contributed by atoms with van der Waals surface area (Å²) in [5.41, 5.74) is 6.00. The number of hydrogen-bond donors (Lipinski definition) is 0. The first kappa shape index (κ1) is 16.7. The Morgan fingerprint density at radius 3 is 1.96 bits per heavy atom. The van der Waals surface area contributed by atoms with Gasteiger partial charge in [0.2, 0.25) is 0 Å². The Balaban J connectivity index is 1.91. The van der Waals surface area contributed by atoms with Crippen LogP contribution in [0, 0.1) is 19.7 Å². The van der Waals surface area contributed by atoms with Gasteiger partial charge in [0, 0.05) is 17.9 Å². The zero-order chi connectivity index (χ0) is 17.1. The molecule has 0 bridgehead atoms. The zero-order valence-electron chi connectivity index (χ0n) is 13.9. The van der Waals surface area contributed by atoms with Crippen molar-refractivity contribution in [2.45, 2.75) is 26.7 Å². The molecule has 0 saturated heterocycles. The summed E-state index contributed by atoms with van der Waals surface area (Å²) in [4.78, 5) is 0. The van der Waals surface area contributed by atoms with E-state index in [1.807, 2.05) is 48.5 Å². The molecule has 3 aromatic rings. The van der Waals surface area contributed by atoms with Gasteiger partial charge in [-0.2, -0.15) is 0 Å². The van der Waals surface area contributed by atoms with Crippen LogP contribution in [0.15, 0.2) is 60.7 Å². The van der Waals surface area contributed by atoms with Crippen LogP contribution in [-0.2, 0) is 12.8 Å². The number of hydrogen-bond acceptors (Lipinski definition) is 0. The Morgan fingerprint density at radius 2 is 1.25 bits per heavy atom. The molecule has 0 N–H and O–H groups in total. The summed E-state index contributed by atoms with van der Waals surface area (Å²) in [6, 6.07) is 19.4. The van der Waals surface area contributed by atoms with Crippen LogP contribution in [0.25, 0.3) is 0 Å². The lowest BCUT2D eigenvalue weighted by Gasteiger charge is -2.12. The molecule has 0 aliphatic rings. The second-order valence-corrected chi connectivity index (χ2v) is 6.60. The number of rotatable bonds is 4. The molecule has 0 radical (unpaired) electrons. The van der Waals surface area contributed by atoms with Crippen molar-refractivity contribution in [2.75, 3.05) is 0 Å². The van der Waals surface area contributed by atoms with E-state index in [0.717, 1.165) is 11.1 Å². The molecule has 3 aromatic carbocycles. The van der Waals surface area contributed by atoms with Gasteiger partial charge in [0.15, 0.2) is 0 Å². The van der Waals surface area contributed by atoms with Crippen molar-refractivity contribution in [1.82, 2.24) is 0 Å². The molecule has 0 nitrogen and oxygen atoms in total. The molecule has 24 heavy (non-hydrogen) atoms. The van der Waals surface area contributed by atoms with Gasteiger partial charge in [-0.1, -0.05) is 66.2 Å². The third-order valence-corrected chi connectivity index (χ3v) is 4.96. The summed E-state index contributed by atoms with van der Waals surface area (Å²) >= 11 is 6.21. The largest absolute Gasteiger partial charge is 0.206 e. The van der Waals surface area contributed by atoms with Crippen molar-refractivity contribution in [3.63, 3.8) is 0 Å². The fourth-order valence-electron chi connectivity index (χ4n) is 2.96. The van der Waals surface area contributed by atoms with Gasteiger partial charge in [-0.3, -0.25) is 0 Å². The van der Waals surface area contributed by atoms with Gasteiger partial charge in [-0.25, -0.2) is 4.39 Å². The zero-order valence-corrected chi connectivity index (χ0v) is 14.7. The van der Waals surface area contributed by atoms with E-state index in [1.165, 1.54) is 16.7 Å². The normalized spacial score (nSPS) is 10.8. The molecule has 0 saturated carbocycles. The van der Waals surface area contributed by atoms with Crippen LogP contribution < -0.4 is 0 Å². The van der Waals surface area contributed by atoms with Gasteiger partial charge in [-0.05, 0) is 53.3 Å². The summed E-state index contributed by atoms with van der Waals surface area (Å²) < 4.78 is 15.0. The van der Waals surface area contributed by atoms with E-state index in [-0.39, 0.29) is 5.82 Å². The van der Waals surface area contributed by atoms with Crippen molar-refractivity contribution in [2.24, 2.45) is 0 Å². The summed E-state index contributed by atoms with van der Waals surface area (Å²) in [6.07, 6.45) is 1.11. The van der Waals surface area contributed by atoms with Gasteiger partial charge >= 0.3 is 0 Å². The molecule has 2 heteroatoms. The average molecular weight is 339 g/mol. The minimum atomic E-state index is -0.127. The third kappa shape index (κ3) is 3.52. The maximum absolute atomic E-state index is 15.0. The summed E-state index contributed by atoms with van der Waals surface area (Å²) in [7, 11) is 0. The lowest BCUT2D eigenvalue weighted by molar-refractivity contribution is 0.600. The van der Waals surface area contributed by atoms with Crippen LogP contribution in [-0.4, -0.2) is 0 Å². The highest BCUT2D eigenvalue weighted by Gasteiger charge is 2.12. The predicted octanol–water partition coefficient (Wildman–Crippen LogP) is 6.28. The Hall–Kier alpha value is -2.12. The highest BCUT2D eigenvalue weighted by atomic mass is 35.5. The highest BCUT2D eigenvalue weighted by molar-refractivity contribution is 6.31. The second-order valence-electron chi connectivity index (χ2n) is 6.19. The maximum atomic E-state index is 15.0. The lowest BCUT2D eigenvalue weighted by atomic mass is 9.95. The number of halogens is 2. The van der Waals surface area contributed by atoms with Gasteiger partial charge in [0.1, 0.15) is 5.82 Å². The van der Waals surface area contributed by atoms with Crippen LogP contribution in [0.4, 0.5) is 4.39 Å². The Labute approximate surface area is 147 Å². The standard InChI is InChI=1S/C22H20ClF/c1-15-7-5-9-17(16(15)2)13-19-10-6-11-20(22(19)24)14-18-8-3-4-12-21(18)23/h3-12H,13-14H2,1-2H3. The molecule has 0 amide bonds. The summed E-state index contributed by atoms with van der Waals surface area (Å²) in [5.74, 6) is -0.127. The molecule has 0 aromatic heterocycles. The van der Waals surface area contributed by atoms with E-state index in [4.69, 9.17) is 11.6 Å². The van der Waals surface area contributed by atoms with Gasteiger partial charge in [-0.15, -0.1) is 0 Å². The second kappa shape index (κ2) is 7.19. The fourth-order valence-corrected chi connectivity index (χ4v) is 3.16. The predicted molar refractivity (Wildman–Crippen MR) is 99.4 cm³/mol. The number of benzene rings is 3. The summed E-state index contributed by atoms with van der Waals surface area (Å²) in [6.45, 7) is 4.18. The first-order valence-corrected chi connectivity index (χ1v) is 8.49. The van der Waals surface area contributed by atoms with Gasteiger partial charge in [0.05, 0.1) is 0 Å². The molecule has 0 aliphatic carbocycles. The molecule has 122 valence electrons. The van der Waals surface area contributed by atoms with Gasteiger partial charge in [0.25, 0.3) is 0 Å². The third-order valence-electron chi connectivity index (χ3n) is 4.60. The molecular weight excluding hydrogens is 319 g/mol. The molecule has 0 heterocycles. The van der Waals surface area contributed by atoms with E-state index >= 15 is 0 Å². The molecule has 0 spiro atoms. The Bertz CT molecular complexity index is 868.